The molecule has 0 unspecified atom stereocenters. The normalized spacial score (nSPS) is 12.4. The first-order chi connectivity index (χ1) is 9.65. The summed E-state index contributed by atoms with van der Waals surface area (Å²) in [6.45, 7) is 5.03. The van der Waals surface area contributed by atoms with Crippen molar-refractivity contribution in [2.75, 3.05) is 6.54 Å². The Labute approximate surface area is 124 Å². The van der Waals surface area contributed by atoms with Gasteiger partial charge >= 0.3 is 5.97 Å². The van der Waals surface area contributed by atoms with Gasteiger partial charge in [0.05, 0.1) is 16.1 Å². The molecule has 7 heteroatoms. The van der Waals surface area contributed by atoms with Gasteiger partial charge < -0.3 is 10.2 Å². The molecule has 3 N–H and O–H groups in total. The quantitative estimate of drug-likeness (QED) is 0.708. The highest BCUT2D eigenvalue weighted by Gasteiger charge is 2.26. The van der Waals surface area contributed by atoms with Gasteiger partial charge in [0.1, 0.15) is 0 Å². The van der Waals surface area contributed by atoms with Gasteiger partial charge in [0.15, 0.2) is 0 Å². The van der Waals surface area contributed by atoms with Gasteiger partial charge in [0, 0.05) is 6.54 Å². The number of carboxylic acids is 1. The number of hydrogen-bond acceptors (Lipinski definition) is 4. The molecule has 1 aromatic rings. The SMILES string of the molecule is CCC(O)(CC)CNS(=O)(=O)c1ccc(C)c(C(=O)O)c1. The first-order valence-electron chi connectivity index (χ1n) is 6.71. The third kappa shape index (κ3) is 4.26. The van der Waals surface area contributed by atoms with Crippen LogP contribution < -0.4 is 4.72 Å². The Morgan fingerprint density at radius 3 is 2.33 bits per heavy atom. The molecule has 6 nitrogen and oxygen atoms in total. The van der Waals surface area contributed by atoms with E-state index >= 15 is 0 Å². The molecule has 0 saturated heterocycles. The summed E-state index contributed by atoms with van der Waals surface area (Å²) in [7, 11) is -3.86. The second-order valence-electron chi connectivity index (χ2n) is 5.04. The first-order valence-corrected chi connectivity index (χ1v) is 8.19. The van der Waals surface area contributed by atoms with Crippen LogP contribution in [0.2, 0.25) is 0 Å². The van der Waals surface area contributed by atoms with Crippen molar-refractivity contribution in [2.45, 2.75) is 44.1 Å². The van der Waals surface area contributed by atoms with Crippen LogP contribution in [0.15, 0.2) is 23.1 Å². The molecule has 0 spiro atoms. The monoisotopic (exact) mass is 315 g/mol. The van der Waals surface area contributed by atoms with E-state index in [-0.39, 0.29) is 17.0 Å². The molecule has 0 aliphatic rings. The fourth-order valence-electron chi connectivity index (χ4n) is 1.81. The maximum Gasteiger partial charge on any atom is 0.335 e. The van der Waals surface area contributed by atoms with E-state index in [2.05, 4.69) is 4.72 Å². The average Bonchev–Trinajstić information content (AvgIpc) is 2.45. The number of hydrogen-bond donors (Lipinski definition) is 3. The summed E-state index contributed by atoms with van der Waals surface area (Å²) in [5.74, 6) is -1.18. The summed E-state index contributed by atoms with van der Waals surface area (Å²) in [6.07, 6.45) is 0.834. The molecule has 0 saturated carbocycles. The Bertz CT molecular complexity index is 620. The molecule has 0 radical (unpaired) electrons. The van der Waals surface area contributed by atoms with E-state index in [4.69, 9.17) is 5.11 Å². The fraction of sp³-hybridized carbons (Fsp3) is 0.500. The average molecular weight is 315 g/mol. The molecule has 0 atom stereocenters. The molecule has 1 rings (SSSR count). The van der Waals surface area contributed by atoms with Crippen LogP contribution >= 0.6 is 0 Å². The van der Waals surface area contributed by atoms with Gasteiger partial charge in [0.2, 0.25) is 10.0 Å². The predicted molar refractivity (Wildman–Crippen MR) is 78.9 cm³/mol. The van der Waals surface area contributed by atoms with E-state index in [1.165, 1.54) is 12.1 Å². The second-order valence-corrected chi connectivity index (χ2v) is 6.80. The summed E-state index contributed by atoms with van der Waals surface area (Å²) in [6, 6.07) is 3.92. The Morgan fingerprint density at radius 1 is 1.29 bits per heavy atom. The zero-order valence-electron chi connectivity index (χ0n) is 12.4. The molecule has 0 heterocycles. The lowest BCUT2D eigenvalue weighted by molar-refractivity contribution is 0.0377. The van der Waals surface area contributed by atoms with Crippen LogP contribution in [0.25, 0.3) is 0 Å². The number of nitrogens with one attached hydrogen (secondary N) is 1. The van der Waals surface area contributed by atoms with E-state index < -0.39 is 21.6 Å². The van der Waals surface area contributed by atoms with Gasteiger partial charge in [-0.05, 0) is 37.5 Å². The van der Waals surface area contributed by atoms with Crippen molar-refractivity contribution >= 4 is 16.0 Å². The summed E-state index contributed by atoms with van der Waals surface area (Å²) >= 11 is 0. The molecule has 0 aromatic heterocycles. The Morgan fingerprint density at radius 2 is 1.86 bits per heavy atom. The fourth-order valence-corrected chi connectivity index (χ4v) is 2.96. The first kappa shape index (κ1) is 17.6. The van der Waals surface area contributed by atoms with Crippen LogP contribution in [0.3, 0.4) is 0 Å². The second kappa shape index (κ2) is 6.55. The van der Waals surface area contributed by atoms with Gasteiger partial charge in [-0.2, -0.15) is 0 Å². The molecule has 0 fully saturated rings. The van der Waals surface area contributed by atoms with E-state index in [1.807, 2.05) is 0 Å². The zero-order valence-corrected chi connectivity index (χ0v) is 13.2. The number of aliphatic hydroxyl groups is 1. The number of aromatic carboxylic acids is 1. The maximum atomic E-state index is 12.2. The maximum absolute atomic E-state index is 12.2. The molecule has 1 aromatic carbocycles. The minimum absolute atomic E-state index is 0.0564. The van der Waals surface area contributed by atoms with Gasteiger partial charge in [-0.1, -0.05) is 19.9 Å². The van der Waals surface area contributed by atoms with Crippen molar-refractivity contribution in [1.82, 2.24) is 4.72 Å². The Hall–Kier alpha value is -1.44. The minimum Gasteiger partial charge on any atom is -0.478 e. The highest BCUT2D eigenvalue weighted by atomic mass is 32.2. The Balaban J connectivity index is 3.04. The lowest BCUT2D eigenvalue weighted by Crippen LogP contribution is -2.42. The van der Waals surface area contributed by atoms with Crippen molar-refractivity contribution in [3.63, 3.8) is 0 Å². The van der Waals surface area contributed by atoms with Gasteiger partial charge in [-0.15, -0.1) is 0 Å². The van der Waals surface area contributed by atoms with E-state index in [9.17, 15) is 18.3 Å². The highest BCUT2D eigenvalue weighted by Crippen LogP contribution is 2.18. The smallest absolute Gasteiger partial charge is 0.335 e. The van der Waals surface area contributed by atoms with E-state index in [0.29, 0.717) is 18.4 Å². The number of aryl methyl sites for hydroxylation is 1. The van der Waals surface area contributed by atoms with Crippen molar-refractivity contribution in [3.8, 4) is 0 Å². The molecule has 0 aliphatic heterocycles. The number of benzene rings is 1. The predicted octanol–water partition coefficient (Wildman–Crippen LogP) is 1.52. The van der Waals surface area contributed by atoms with Crippen LogP contribution in [-0.4, -0.2) is 36.7 Å². The summed E-state index contributed by atoms with van der Waals surface area (Å²) in [4.78, 5) is 10.9. The third-order valence-corrected chi connectivity index (χ3v) is 5.06. The van der Waals surface area contributed by atoms with Crippen molar-refractivity contribution in [3.05, 3.63) is 29.3 Å². The largest absolute Gasteiger partial charge is 0.478 e. The zero-order chi connectivity index (χ0) is 16.3. The lowest BCUT2D eigenvalue weighted by Gasteiger charge is -2.25. The summed E-state index contributed by atoms with van der Waals surface area (Å²) in [5.41, 5.74) is -0.674. The number of rotatable bonds is 7. The topological polar surface area (TPSA) is 104 Å². The third-order valence-electron chi connectivity index (χ3n) is 3.66. The molecule has 118 valence electrons. The van der Waals surface area contributed by atoms with Crippen molar-refractivity contribution in [1.29, 1.82) is 0 Å². The van der Waals surface area contributed by atoms with Crippen LogP contribution in [-0.2, 0) is 10.0 Å². The van der Waals surface area contributed by atoms with Gasteiger partial charge in [-0.25, -0.2) is 17.9 Å². The van der Waals surface area contributed by atoms with Gasteiger partial charge in [0.25, 0.3) is 0 Å². The minimum atomic E-state index is -3.86. The molecule has 0 amide bonds. The van der Waals surface area contributed by atoms with Gasteiger partial charge in [-0.3, -0.25) is 0 Å². The van der Waals surface area contributed by atoms with Crippen LogP contribution in [0.4, 0.5) is 0 Å². The van der Waals surface area contributed by atoms with E-state index in [1.54, 1.807) is 20.8 Å². The summed E-state index contributed by atoms with van der Waals surface area (Å²) < 4.78 is 26.7. The lowest BCUT2D eigenvalue weighted by atomic mass is 9.98. The van der Waals surface area contributed by atoms with Crippen LogP contribution in [0.1, 0.15) is 42.6 Å². The number of carboxylic acid groups (broad SMARTS) is 1. The molecule has 21 heavy (non-hydrogen) atoms. The van der Waals surface area contributed by atoms with E-state index in [0.717, 1.165) is 6.07 Å². The number of carbonyl (C=O) groups is 1. The molecular formula is C14H21NO5S. The molecular weight excluding hydrogens is 294 g/mol. The van der Waals surface area contributed by atoms with Crippen LogP contribution in [0.5, 0.6) is 0 Å². The standard InChI is InChI=1S/C14H21NO5S/c1-4-14(18,5-2)9-15-21(19,20)11-7-6-10(3)12(8-11)13(16)17/h6-8,15,18H,4-5,9H2,1-3H3,(H,16,17). The number of sulfonamides is 1. The highest BCUT2D eigenvalue weighted by molar-refractivity contribution is 7.89. The Kier molecular flexibility index (Phi) is 5.49. The molecule has 0 aliphatic carbocycles. The summed E-state index contributed by atoms with van der Waals surface area (Å²) in [5, 5.41) is 19.1. The van der Waals surface area contributed by atoms with Crippen molar-refractivity contribution < 1.29 is 23.4 Å². The molecule has 0 bridgehead atoms. The van der Waals surface area contributed by atoms with Crippen LogP contribution in [0, 0.1) is 6.92 Å². The van der Waals surface area contributed by atoms with Crippen molar-refractivity contribution in [2.24, 2.45) is 0 Å².